The van der Waals surface area contributed by atoms with Crippen LogP contribution in [0.15, 0.2) is 12.7 Å². The van der Waals surface area contributed by atoms with Crippen LogP contribution < -0.4 is 0 Å². The third kappa shape index (κ3) is 10.2. The molecular formula is C36H80O3Si4. The predicted molar refractivity (Wildman–Crippen MR) is 205 cm³/mol. The van der Waals surface area contributed by atoms with Crippen LogP contribution in [0.2, 0.25) is 55.9 Å². The second kappa shape index (κ2) is 18.7. The molecule has 43 heavy (non-hydrogen) atoms. The van der Waals surface area contributed by atoms with Crippen molar-refractivity contribution in [2.24, 2.45) is 0 Å². The Morgan fingerprint density at radius 2 is 0.628 bits per heavy atom. The van der Waals surface area contributed by atoms with Crippen LogP contribution in [0.5, 0.6) is 0 Å². The molecule has 0 unspecified atom stereocenters. The summed E-state index contributed by atoms with van der Waals surface area (Å²) in [6, 6.07) is 0.969. The molecule has 0 aromatic carbocycles. The summed E-state index contributed by atoms with van der Waals surface area (Å²) in [6.07, 6.45) is 9.32. The summed E-state index contributed by atoms with van der Waals surface area (Å²) in [4.78, 5) is 0. The molecule has 0 aliphatic rings. The molecule has 0 N–H and O–H groups in total. The molecule has 0 amide bonds. The van der Waals surface area contributed by atoms with Crippen molar-refractivity contribution in [1.29, 1.82) is 0 Å². The van der Waals surface area contributed by atoms with Gasteiger partial charge in [0.1, 0.15) is 0 Å². The smallest absolute Gasteiger partial charge is 0.415 e. The lowest BCUT2D eigenvalue weighted by Crippen LogP contribution is -2.69. The minimum absolute atomic E-state index is 0.493. The number of hydrogen-bond donors (Lipinski definition) is 0. The zero-order valence-corrected chi connectivity index (χ0v) is 36.7. The van der Waals surface area contributed by atoms with Crippen LogP contribution in [0.4, 0.5) is 0 Å². The summed E-state index contributed by atoms with van der Waals surface area (Å²) in [7, 11) is -10.1. The highest BCUT2D eigenvalue weighted by Crippen LogP contribution is 2.53. The van der Waals surface area contributed by atoms with Crippen molar-refractivity contribution in [2.75, 3.05) is 0 Å². The molecular weight excluding hydrogens is 593 g/mol. The highest BCUT2D eigenvalue weighted by atomic mass is 28.5. The fourth-order valence-corrected chi connectivity index (χ4v) is 39.7. The van der Waals surface area contributed by atoms with E-state index in [0.717, 1.165) is 18.9 Å². The first-order chi connectivity index (χ1) is 19.7. The van der Waals surface area contributed by atoms with Crippen LogP contribution in [-0.2, 0) is 12.3 Å². The highest BCUT2D eigenvalue weighted by Gasteiger charge is 2.63. The number of unbranched alkanes of at least 4 members (excludes halogenated alkanes) is 5. The maximum Gasteiger partial charge on any atom is 0.469 e. The molecule has 0 bridgehead atoms. The Morgan fingerprint density at radius 3 is 0.860 bits per heavy atom. The molecule has 258 valence electrons. The fraction of sp³-hybridized carbons (Fsp3) is 0.944. The van der Waals surface area contributed by atoms with Crippen molar-refractivity contribution in [1.82, 2.24) is 0 Å². The van der Waals surface area contributed by atoms with Gasteiger partial charge in [0, 0.05) is 6.04 Å². The third-order valence-corrected chi connectivity index (χ3v) is 36.2. The standard InChI is InChI=1S/C36H80O3Si4/c1-20-21-22-23-24-25-26-27-40(37-41(28(2)3,29(4)5)30(6)7,38-42(31(8)9,32(10)11)33(12)13)39-43(34(14)15,35(16)17)36(18)19/h20,28-36H,1,21-27H2,2-19H3. The molecule has 0 spiro atoms. The average molecular weight is 673 g/mol. The van der Waals surface area contributed by atoms with Crippen LogP contribution in [-0.4, -0.2) is 33.8 Å². The molecule has 3 nitrogen and oxygen atoms in total. The predicted octanol–water partition coefficient (Wildman–Crippen LogP) is 14.0. The lowest BCUT2D eigenvalue weighted by molar-refractivity contribution is 0.216. The van der Waals surface area contributed by atoms with Crippen LogP contribution in [0.1, 0.15) is 163 Å². The van der Waals surface area contributed by atoms with Gasteiger partial charge in [0.15, 0.2) is 25.0 Å². The summed E-state index contributed by atoms with van der Waals surface area (Å²) < 4.78 is 24.5. The second-order valence-corrected chi connectivity index (χ2v) is 36.4. The van der Waals surface area contributed by atoms with E-state index >= 15 is 0 Å². The Bertz CT molecular complexity index is 626. The van der Waals surface area contributed by atoms with Crippen molar-refractivity contribution in [2.45, 2.75) is 219 Å². The summed E-state index contributed by atoms with van der Waals surface area (Å²) in [5.74, 6) is 0. The van der Waals surface area contributed by atoms with Gasteiger partial charge in [0.25, 0.3) is 0 Å². The first kappa shape index (κ1) is 43.5. The lowest BCUT2D eigenvalue weighted by atomic mass is 10.1. The van der Waals surface area contributed by atoms with Crippen molar-refractivity contribution in [3.8, 4) is 0 Å². The molecule has 0 aliphatic heterocycles. The van der Waals surface area contributed by atoms with Crippen LogP contribution in [0.25, 0.3) is 0 Å². The van der Waals surface area contributed by atoms with Gasteiger partial charge in [-0.25, -0.2) is 0 Å². The van der Waals surface area contributed by atoms with Gasteiger partial charge in [-0.05, 0) is 69.1 Å². The fourth-order valence-electron chi connectivity index (χ4n) is 9.24. The molecule has 0 saturated carbocycles. The van der Waals surface area contributed by atoms with Gasteiger partial charge < -0.3 is 12.3 Å². The zero-order valence-electron chi connectivity index (χ0n) is 32.7. The van der Waals surface area contributed by atoms with Crippen LogP contribution in [0, 0.1) is 0 Å². The van der Waals surface area contributed by atoms with E-state index in [1.54, 1.807) is 0 Å². The molecule has 0 fully saturated rings. The van der Waals surface area contributed by atoms with E-state index in [4.69, 9.17) is 12.3 Å². The number of allylic oxidation sites excluding steroid dienone is 1. The maximum atomic E-state index is 8.16. The second-order valence-electron chi connectivity index (χ2n) is 16.5. The van der Waals surface area contributed by atoms with Crippen molar-refractivity contribution in [3.63, 3.8) is 0 Å². The Kier molecular flexibility index (Phi) is 18.9. The maximum absolute atomic E-state index is 8.16. The van der Waals surface area contributed by atoms with Crippen molar-refractivity contribution < 1.29 is 12.3 Å². The van der Waals surface area contributed by atoms with Gasteiger partial charge in [-0.2, -0.15) is 0 Å². The Balaban J connectivity index is 7.66. The van der Waals surface area contributed by atoms with Gasteiger partial charge in [-0.15, -0.1) is 6.58 Å². The van der Waals surface area contributed by atoms with Crippen molar-refractivity contribution >= 4 is 33.8 Å². The van der Waals surface area contributed by atoms with Gasteiger partial charge in [-0.1, -0.05) is 150 Å². The van der Waals surface area contributed by atoms with Crippen LogP contribution in [0.3, 0.4) is 0 Å². The summed E-state index contributed by atoms with van der Waals surface area (Å²) in [5, 5.41) is 0. The average Bonchev–Trinajstić information content (AvgIpc) is 2.86. The lowest BCUT2D eigenvalue weighted by Gasteiger charge is -2.56. The summed E-state index contributed by atoms with van der Waals surface area (Å²) >= 11 is 0. The Morgan fingerprint density at radius 1 is 0.395 bits per heavy atom. The molecule has 0 aromatic rings. The topological polar surface area (TPSA) is 27.7 Å². The van der Waals surface area contributed by atoms with Crippen LogP contribution >= 0.6 is 0 Å². The molecule has 7 heteroatoms. The van der Waals surface area contributed by atoms with E-state index < -0.39 is 33.8 Å². The Labute approximate surface area is 276 Å². The van der Waals surface area contributed by atoms with Gasteiger partial charge in [0.2, 0.25) is 0 Å². The van der Waals surface area contributed by atoms with Gasteiger partial charge in [0.05, 0.1) is 0 Å². The molecule has 0 atom stereocenters. The normalized spacial score (nSPS) is 14.4. The van der Waals surface area contributed by atoms with E-state index in [-0.39, 0.29) is 0 Å². The highest BCUT2D eigenvalue weighted by molar-refractivity contribution is 6.94. The van der Waals surface area contributed by atoms with Crippen molar-refractivity contribution in [3.05, 3.63) is 12.7 Å². The number of rotatable bonds is 23. The SMILES string of the molecule is C=CCCCCCCC[Si](O[Si](C(C)C)(C(C)C)C(C)C)(O[Si](C(C)C)(C(C)C)C(C)C)O[Si](C(C)C)(C(C)C)C(C)C. The quantitative estimate of drug-likeness (QED) is 0.0614. The molecule has 0 radical (unpaired) electrons. The molecule has 0 aromatic heterocycles. The summed E-state index contributed by atoms with van der Waals surface area (Å²) in [6.45, 7) is 47.7. The van der Waals surface area contributed by atoms with E-state index in [1.807, 2.05) is 0 Å². The first-order valence-electron chi connectivity index (χ1n) is 18.4. The minimum Gasteiger partial charge on any atom is -0.415 e. The van der Waals surface area contributed by atoms with E-state index in [9.17, 15) is 0 Å². The monoisotopic (exact) mass is 673 g/mol. The number of hydrogen-bond acceptors (Lipinski definition) is 3. The van der Waals surface area contributed by atoms with Gasteiger partial charge >= 0.3 is 8.80 Å². The van der Waals surface area contributed by atoms with E-state index in [2.05, 4.69) is 137 Å². The first-order valence-corrected chi connectivity index (χ1v) is 26.7. The Hall–Kier alpha value is 0.488. The van der Waals surface area contributed by atoms with E-state index in [0.29, 0.717) is 49.9 Å². The molecule has 0 rings (SSSR count). The molecule has 0 heterocycles. The van der Waals surface area contributed by atoms with E-state index in [1.165, 1.54) is 25.7 Å². The third-order valence-electron chi connectivity index (χ3n) is 11.0. The largest absolute Gasteiger partial charge is 0.469 e. The molecule has 0 aliphatic carbocycles. The molecule has 0 saturated heterocycles. The van der Waals surface area contributed by atoms with Gasteiger partial charge in [-0.3, -0.25) is 0 Å². The zero-order chi connectivity index (χ0) is 34.0. The minimum atomic E-state index is -3.17. The summed E-state index contributed by atoms with van der Waals surface area (Å²) in [5.41, 5.74) is 4.43.